The van der Waals surface area contributed by atoms with E-state index in [2.05, 4.69) is 19.7 Å². The third kappa shape index (κ3) is 6.64. The van der Waals surface area contributed by atoms with E-state index in [1.165, 1.54) is 0 Å². The summed E-state index contributed by atoms with van der Waals surface area (Å²) >= 11 is 32.6. The highest BCUT2D eigenvalue weighted by Gasteiger charge is 2.95. The Bertz CT molecular complexity index is 1100. The minimum Gasteiger partial charge on any atom is -0.463 e. The maximum atomic E-state index is 14.0. The second kappa shape index (κ2) is 11.3. The fourth-order valence-corrected chi connectivity index (χ4v) is 2.81. The Morgan fingerprint density at radius 2 is 0.762 bits per heavy atom. The molecule has 0 atom stereocenters. The molecule has 0 amide bonds. The van der Waals surface area contributed by atoms with Gasteiger partial charge in [-0.3, -0.25) is 0 Å². The van der Waals surface area contributed by atoms with E-state index in [0.717, 1.165) is 0 Å². The number of ether oxygens (including phenoxy) is 1. The number of hydrogen-bond donors (Lipinski definition) is 0. The first kappa shape index (κ1) is 39.4. The van der Waals surface area contributed by atoms with Crippen LogP contribution in [0.1, 0.15) is 18.1 Å². The highest BCUT2D eigenvalue weighted by Crippen LogP contribution is 2.64. The number of halogens is 23. The summed E-state index contributed by atoms with van der Waals surface area (Å²) < 4.78 is 225. The average molecular weight is 778 g/mol. The molecule has 1 aromatic rings. The van der Waals surface area contributed by atoms with E-state index in [4.69, 9.17) is 69.6 Å². The largest absolute Gasteiger partial charge is 0.463 e. The van der Waals surface area contributed by atoms with Gasteiger partial charge in [0.2, 0.25) is 7.59 Å². The quantitative estimate of drug-likeness (QED) is 0.176. The van der Waals surface area contributed by atoms with Crippen molar-refractivity contribution in [3.63, 3.8) is 0 Å². The van der Waals surface area contributed by atoms with Crippen molar-refractivity contribution in [2.24, 2.45) is 0 Å². The molecule has 1 aromatic heterocycles. The normalized spacial score (nSPS) is 15.7. The summed E-state index contributed by atoms with van der Waals surface area (Å²) in [4.78, 5) is 9.56. The predicted octanol–water partition coefficient (Wildman–Crippen LogP) is 9.30. The van der Waals surface area contributed by atoms with Crippen molar-refractivity contribution in [3.8, 4) is 6.01 Å². The molecule has 42 heavy (non-hydrogen) atoms. The topological polar surface area (TPSA) is 47.9 Å². The van der Waals surface area contributed by atoms with Crippen molar-refractivity contribution in [2.75, 3.05) is 6.61 Å². The van der Waals surface area contributed by atoms with E-state index in [1.807, 2.05) is 0 Å². The molecule has 0 aliphatic rings. The summed E-state index contributed by atoms with van der Waals surface area (Å²) in [6, 6.07) is -1.38. The lowest BCUT2D eigenvalue weighted by Crippen LogP contribution is -2.74. The molecule has 0 saturated carbocycles. The number of nitrogens with zero attached hydrogens (tertiary/aromatic N) is 3. The summed E-state index contributed by atoms with van der Waals surface area (Å²) in [5.74, 6) is -59.5. The molecule has 0 aromatic carbocycles. The highest BCUT2D eigenvalue weighted by atomic mass is 35.6. The van der Waals surface area contributed by atoms with Gasteiger partial charge in [-0.15, -0.1) is 0 Å². The van der Waals surface area contributed by atoms with E-state index in [-0.39, 0.29) is 0 Å². The molecule has 246 valence electrons. The standard InChI is InChI=1S/C15H4Cl6F17N3O/c16-7(17,18)3-39-4(8(19,20)21)41-5(40-3)42-2-1-6(22,23)9(24,25)10(26,27)11(28,29)12(30,31)13(32,33)14(34,35)15(36,37)38/h1-2H2. The SMILES string of the molecule is FC(F)(F)C(F)(F)C(F)(F)C(F)(F)C(F)(F)C(F)(F)C(F)(F)C(F)(F)CCOc1nc(C(Cl)(Cl)Cl)nc(C(Cl)(Cl)Cl)n1. The van der Waals surface area contributed by atoms with Gasteiger partial charge < -0.3 is 4.74 Å². The molecule has 0 spiro atoms. The fraction of sp³-hybridized carbons (Fsp3) is 0.800. The maximum Gasteiger partial charge on any atom is 0.460 e. The van der Waals surface area contributed by atoms with Crippen molar-refractivity contribution < 1.29 is 79.4 Å². The number of hydrogen-bond acceptors (Lipinski definition) is 4. The van der Waals surface area contributed by atoms with Gasteiger partial charge in [0.15, 0.2) is 11.6 Å². The van der Waals surface area contributed by atoms with E-state index in [0.29, 0.717) is 0 Å². The van der Waals surface area contributed by atoms with E-state index >= 15 is 0 Å². The molecular formula is C15H4Cl6F17N3O. The summed E-state index contributed by atoms with van der Waals surface area (Å²) in [5, 5.41) is 0. The molecule has 0 bridgehead atoms. The van der Waals surface area contributed by atoms with Crippen LogP contribution in [0, 0.1) is 0 Å². The van der Waals surface area contributed by atoms with Gasteiger partial charge in [-0.05, 0) is 0 Å². The number of aromatic nitrogens is 3. The van der Waals surface area contributed by atoms with Crippen LogP contribution in [0.3, 0.4) is 0 Å². The third-order valence-electron chi connectivity index (χ3n) is 4.56. The monoisotopic (exact) mass is 775 g/mol. The van der Waals surface area contributed by atoms with E-state index < -0.39 is 85.9 Å². The summed E-state index contributed by atoms with van der Waals surface area (Å²) in [6.45, 7) is -2.11. The Hall–Kier alpha value is -0.640. The Kier molecular flexibility index (Phi) is 10.6. The van der Waals surface area contributed by atoms with Gasteiger partial charge in [-0.2, -0.15) is 84.6 Å². The Labute approximate surface area is 249 Å². The van der Waals surface area contributed by atoms with Crippen molar-refractivity contribution in [1.82, 2.24) is 15.0 Å². The first-order chi connectivity index (χ1) is 18.0. The van der Waals surface area contributed by atoms with Crippen molar-refractivity contribution in [2.45, 2.75) is 61.6 Å². The molecule has 0 N–H and O–H groups in total. The minimum absolute atomic E-state index is 1.03. The molecule has 4 nitrogen and oxygen atoms in total. The van der Waals surface area contributed by atoms with Crippen molar-refractivity contribution >= 4 is 69.6 Å². The Balaban J connectivity index is 3.43. The van der Waals surface area contributed by atoms with Crippen LogP contribution in [0.5, 0.6) is 6.01 Å². The second-order valence-corrected chi connectivity index (χ2v) is 12.1. The molecule has 0 aliphatic heterocycles. The zero-order chi connectivity index (χ0) is 34.0. The molecule has 0 fully saturated rings. The molecule has 1 heterocycles. The Morgan fingerprint density at radius 1 is 0.452 bits per heavy atom. The van der Waals surface area contributed by atoms with Crippen molar-refractivity contribution in [1.29, 1.82) is 0 Å². The van der Waals surface area contributed by atoms with Gasteiger partial charge in [0.05, 0.1) is 13.0 Å². The van der Waals surface area contributed by atoms with Gasteiger partial charge in [0, 0.05) is 0 Å². The lowest BCUT2D eigenvalue weighted by atomic mass is 9.88. The van der Waals surface area contributed by atoms with Crippen LogP contribution in [-0.4, -0.2) is 69.2 Å². The number of rotatable bonds is 10. The Morgan fingerprint density at radius 3 is 1.07 bits per heavy atom. The summed E-state index contributed by atoms with van der Waals surface area (Å²) in [6.07, 6.45) is -10.8. The molecule has 0 aliphatic carbocycles. The lowest BCUT2D eigenvalue weighted by Gasteiger charge is -2.42. The van der Waals surface area contributed by atoms with Gasteiger partial charge >= 0.3 is 53.6 Å². The van der Waals surface area contributed by atoms with Gasteiger partial charge in [-0.25, -0.2) is 4.98 Å². The predicted molar refractivity (Wildman–Crippen MR) is 109 cm³/mol. The minimum atomic E-state index is -8.75. The van der Waals surface area contributed by atoms with Crippen LogP contribution in [0.25, 0.3) is 0 Å². The molecule has 0 radical (unpaired) electrons. The van der Waals surface area contributed by atoms with Crippen LogP contribution < -0.4 is 4.74 Å². The van der Waals surface area contributed by atoms with Crippen LogP contribution >= 0.6 is 69.6 Å². The average Bonchev–Trinajstić information content (AvgIpc) is 2.76. The van der Waals surface area contributed by atoms with E-state index in [1.54, 1.807) is 0 Å². The van der Waals surface area contributed by atoms with Gasteiger partial charge in [-0.1, -0.05) is 69.6 Å². The highest BCUT2D eigenvalue weighted by molar-refractivity contribution is 6.67. The zero-order valence-electron chi connectivity index (χ0n) is 18.4. The molecule has 0 saturated heterocycles. The number of alkyl halides is 23. The fourth-order valence-electron chi connectivity index (χ4n) is 2.30. The van der Waals surface area contributed by atoms with Crippen LogP contribution in [0.4, 0.5) is 74.6 Å². The third-order valence-corrected chi connectivity index (χ3v) is 5.57. The first-order valence-corrected chi connectivity index (χ1v) is 11.6. The zero-order valence-corrected chi connectivity index (χ0v) is 22.9. The molecule has 1 rings (SSSR count). The smallest absolute Gasteiger partial charge is 0.460 e. The summed E-state index contributed by atoms with van der Waals surface area (Å²) in [7, 11) is 0. The molecular weight excluding hydrogens is 774 g/mol. The van der Waals surface area contributed by atoms with Crippen LogP contribution in [0.15, 0.2) is 0 Å². The van der Waals surface area contributed by atoms with Crippen molar-refractivity contribution in [3.05, 3.63) is 11.6 Å². The first-order valence-electron chi connectivity index (χ1n) is 9.28. The van der Waals surface area contributed by atoms with Gasteiger partial charge in [0.25, 0.3) is 0 Å². The second-order valence-electron chi connectivity index (χ2n) is 7.51. The summed E-state index contributed by atoms with van der Waals surface area (Å²) in [5.41, 5.74) is 0. The van der Waals surface area contributed by atoms with Crippen LogP contribution in [0.2, 0.25) is 0 Å². The van der Waals surface area contributed by atoms with Gasteiger partial charge in [0.1, 0.15) is 0 Å². The van der Waals surface area contributed by atoms with E-state index in [9.17, 15) is 74.6 Å². The van der Waals surface area contributed by atoms with Crippen LogP contribution in [-0.2, 0) is 7.59 Å². The maximum absolute atomic E-state index is 14.0. The molecule has 27 heteroatoms. The molecule has 0 unspecified atom stereocenters. The lowest BCUT2D eigenvalue weighted by molar-refractivity contribution is -0.461.